The van der Waals surface area contributed by atoms with Crippen molar-refractivity contribution in [2.24, 2.45) is 0 Å². The van der Waals surface area contributed by atoms with E-state index in [1.807, 2.05) is 0 Å². The lowest BCUT2D eigenvalue weighted by molar-refractivity contribution is 0.475. The normalized spacial score (nSPS) is 10.1. The Kier molecular flexibility index (Phi) is 1.99. The van der Waals surface area contributed by atoms with Gasteiger partial charge in [-0.25, -0.2) is 0 Å². The molecule has 0 amide bonds. The zero-order chi connectivity index (χ0) is 5.98. The molecule has 0 saturated heterocycles. The van der Waals surface area contributed by atoms with E-state index in [-0.39, 0.29) is 0 Å². The van der Waals surface area contributed by atoms with Gasteiger partial charge in [0.2, 0.25) is 0 Å². The van der Waals surface area contributed by atoms with Crippen LogP contribution in [0.3, 0.4) is 0 Å². The van der Waals surface area contributed by atoms with Gasteiger partial charge in [-0.2, -0.15) is 0 Å². The molecule has 0 atom stereocenters. The van der Waals surface area contributed by atoms with Gasteiger partial charge in [0.1, 0.15) is 0 Å². The summed E-state index contributed by atoms with van der Waals surface area (Å²) < 4.78 is 4.90. The predicted molar refractivity (Wildman–Crippen MR) is 39.1 cm³/mol. The molecule has 8 heavy (non-hydrogen) atoms. The highest BCUT2D eigenvalue weighted by Crippen LogP contribution is 1.99. The second-order valence-electron chi connectivity index (χ2n) is 1.17. The molecule has 1 aromatic heterocycles. The maximum absolute atomic E-state index is 4.90. The van der Waals surface area contributed by atoms with Crippen LogP contribution >= 0.6 is 0 Å². The van der Waals surface area contributed by atoms with Gasteiger partial charge in [0, 0.05) is 5.09 Å². The Balaban J connectivity index is 3.11. The van der Waals surface area contributed by atoms with Crippen LogP contribution in [-0.4, -0.2) is 0 Å². The highest BCUT2D eigenvalue weighted by Gasteiger charge is 1.75. The van der Waals surface area contributed by atoms with E-state index in [9.17, 15) is 0 Å². The van der Waals surface area contributed by atoms with Crippen molar-refractivity contribution in [1.82, 2.24) is 0 Å². The number of hydrogen-bond acceptors (Lipinski definition) is 4. The van der Waals surface area contributed by atoms with E-state index < -0.39 is 8.01 Å². The molecule has 0 fully saturated rings. The Morgan fingerprint density at radius 1 is 1.50 bits per heavy atom. The van der Waals surface area contributed by atoms with E-state index in [0.29, 0.717) is 0 Å². The van der Waals surface area contributed by atoms with Crippen LogP contribution in [0.25, 0.3) is 0 Å². The lowest BCUT2D eigenvalue weighted by atomic mass is 10.7. The van der Waals surface area contributed by atoms with Crippen LogP contribution in [0.15, 0.2) is 27.9 Å². The van der Waals surface area contributed by atoms with Gasteiger partial charge in [-0.3, -0.25) is 30.4 Å². The predicted octanol–water partition coefficient (Wildman–Crippen LogP) is 1.18. The van der Waals surface area contributed by atoms with Crippen molar-refractivity contribution in [3.63, 3.8) is 0 Å². The molecule has 0 N–H and O–H groups in total. The molecule has 1 aromatic rings. The summed E-state index contributed by atoms with van der Waals surface area (Å²) in [5.74, 6) is 0. The second kappa shape index (κ2) is 2.57. The van der Waals surface area contributed by atoms with E-state index in [0.717, 1.165) is 5.09 Å². The third-order valence-electron chi connectivity index (χ3n) is 0.659. The summed E-state index contributed by atoms with van der Waals surface area (Å²) in [6.07, 6.45) is 1.58. The van der Waals surface area contributed by atoms with Crippen molar-refractivity contribution in [3.05, 3.63) is 18.4 Å². The third kappa shape index (κ3) is 1.27. The quantitative estimate of drug-likeness (QED) is 0.577. The first-order valence-electron chi connectivity index (χ1n) is 1.93. The molecular formula is C4H3OS3-. The van der Waals surface area contributed by atoms with Gasteiger partial charge in [-0.1, -0.05) is 0 Å². The summed E-state index contributed by atoms with van der Waals surface area (Å²) in [6, 6.07) is 3.58. The van der Waals surface area contributed by atoms with Crippen LogP contribution in [0.1, 0.15) is 0 Å². The van der Waals surface area contributed by atoms with Crippen LogP contribution in [0.2, 0.25) is 0 Å². The molecule has 0 aliphatic rings. The van der Waals surface area contributed by atoms with E-state index in [2.05, 4.69) is 0 Å². The van der Waals surface area contributed by atoms with Crippen molar-refractivity contribution in [3.8, 4) is 0 Å². The molecule has 0 unspecified atom stereocenters. The summed E-state index contributed by atoms with van der Waals surface area (Å²) in [6.45, 7) is 0. The van der Waals surface area contributed by atoms with Gasteiger partial charge in [0.25, 0.3) is 0 Å². The minimum atomic E-state index is -0.548. The smallest absolute Gasteiger partial charge is 0.0878 e. The highest BCUT2D eigenvalue weighted by atomic mass is 33.1. The van der Waals surface area contributed by atoms with Gasteiger partial charge >= 0.3 is 0 Å². The summed E-state index contributed by atoms with van der Waals surface area (Å²) in [7, 11) is -0.548. The van der Waals surface area contributed by atoms with Crippen LogP contribution in [-0.2, 0) is 30.4 Å². The lowest BCUT2D eigenvalue weighted by Crippen LogP contribution is -1.64. The fraction of sp³-hybridized carbons (Fsp3) is 0. The first-order chi connectivity index (χ1) is 3.80. The Morgan fingerprint density at radius 2 is 2.25 bits per heavy atom. The lowest BCUT2D eigenvalue weighted by Gasteiger charge is -1.92. The summed E-state index contributed by atoms with van der Waals surface area (Å²) >= 11 is 9.50. The Morgan fingerprint density at radius 3 is 2.50 bits per heavy atom. The van der Waals surface area contributed by atoms with Gasteiger partial charge in [-0.05, 0) is 12.1 Å². The molecule has 0 saturated carbocycles. The van der Waals surface area contributed by atoms with Crippen LogP contribution in [0.4, 0.5) is 0 Å². The Hall–Kier alpha value is 0.0700. The first kappa shape index (κ1) is 6.19. The van der Waals surface area contributed by atoms with Crippen LogP contribution in [0.5, 0.6) is 0 Å². The van der Waals surface area contributed by atoms with Crippen molar-refractivity contribution >= 4 is 30.4 Å². The van der Waals surface area contributed by atoms with Crippen molar-refractivity contribution < 1.29 is 4.42 Å². The van der Waals surface area contributed by atoms with Crippen LogP contribution in [0, 0.1) is 0 Å². The average Bonchev–Trinajstić information content (AvgIpc) is 2.12. The fourth-order valence-corrected chi connectivity index (χ4v) is 1.25. The summed E-state index contributed by atoms with van der Waals surface area (Å²) in [5, 5.41) is 0.718. The first-order valence-corrected chi connectivity index (χ1v) is 5.01. The van der Waals surface area contributed by atoms with Crippen molar-refractivity contribution in [2.45, 2.75) is 5.09 Å². The monoisotopic (exact) mass is 163 g/mol. The third-order valence-corrected chi connectivity index (χ3v) is 2.21. The molecule has 0 spiro atoms. The standard InChI is InChI=1S/C4H3OS3/c6-8(7)4-2-1-3-5-4/h1-3H/q-1. The maximum Gasteiger partial charge on any atom is 0.0878 e. The molecule has 0 radical (unpaired) electrons. The fourth-order valence-electron chi connectivity index (χ4n) is 0.358. The van der Waals surface area contributed by atoms with Gasteiger partial charge in [0.15, 0.2) is 0 Å². The minimum absolute atomic E-state index is 0.548. The Labute approximate surface area is 58.5 Å². The molecule has 1 nitrogen and oxygen atoms in total. The molecule has 44 valence electrons. The maximum atomic E-state index is 4.90. The van der Waals surface area contributed by atoms with Gasteiger partial charge in [0.05, 0.1) is 6.26 Å². The Bertz CT molecular complexity index is 213. The number of hydrogen-bond donors (Lipinski definition) is 0. The van der Waals surface area contributed by atoms with E-state index in [1.165, 1.54) is 0 Å². The van der Waals surface area contributed by atoms with E-state index in [4.69, 9.17) is 26.8 Å². The molecule has 0 aliphatic heterocycles. The van der Waals surface area contributed by atoms with Crippen molar-refractivity contribution in [1.29, 1.82) is 0 Å². The zero-order valence-corrected chi connectivity index (χ0v) is 6.31. The molecule has 0 aromatic carbocycles. The molecule has 1 rings (SSSR count). The molecule has 0 aliphatic carbocycles. The number of rotatable bonds is 1. The molecule has 1 heterocycles. The highest BCUT2D eigenvalue weighted by molar-refractivity contribution is 8.46. The summed E-state index contributed by atoms with van der Waals surface area (Å²) in [4.78, 5) is 0. The molecular weight excluding hydrogens is 160 g/mol. The molecule has 0 bridgehead atoms. The van der Waals surface area contributed by atoms with Crippen LogP contribution < -0.4 is 0 Å². The van der Waals surface area contributed by atoms with E-state index >= 15 is 0 Å². The number of furan rings is 1. The van der Waals surface area contributed by atoms with Crippen molar-refractivity contribution in [2.75, 3.05) is 0 Å². The topological polar surface area (TPSA) is 13.1 Å². The largest absolute Gasteiger partial charge is 0.491 e. The molecule has 4 heteroatoms. The minimum Gasteiger partial charge on any atom is -0.491 e. The van der Waals surface area contributed by atoms with Gasteiger partial charge < -0.3 is 4.42 Å². The van der Waals surface area contributed by atoms with Gasteiger partial charge in [-0.15, -0.1) is 0 Å². The second-order valence-corrected chi connectivity index (χ2v) is 4.67. The zero-order valence-electron chi connectivity index (χ0n) is 3.87. The average molecular weight is 163 g/mol. The van der Waals surface area contributed by atoms with E-state index in [1.54, 1.807) is 18.4 Å². The summed E-state index contributed by atoms with van der Waals surface area (Å²) in [5.41, 5.74) is 0. The SMILES string of the molecule is S=[S-](=S)c1ccco1.